The van der Waals surface area contributed by atoms with Crippen LogP contribution in [0.15, 0.2) is 22.7 Å². The van der Waals surface area contributed by atoms with Crippen molar-refractivity contribution in [1.82, 2.24) is 9.80 Å². The molecule has 2 rings (SSSR count). The molecular weight excluding hydrogens is 308 g/mol. The Labute approximate surface area is 122 Å². The summed E-state index contributed by atoms with van der Waals surface area (Å²) in [5, 5.41) is 9.87. The highest BCUT2D eigenvalue weighted by molar-refractivity contribution is 9.10. The van der Waals surface area contributed by atoms with Crippen LogP contribution in [-0.2, 0) is 0 Å². The number of halogens is 1. The molecule has 1 amide bonds. The number of aromatic hydroxyl groups is 1. The number of phenolic OH excluding ortho intramolecular Hbond substituents is 1. The molecule has 0 radical (unpaired) electrons. The molecular formula is C14H19BrN2O2. The minimum absolute atomic E-state index is 0.0235. The van der Waals surface area contributed by atoms with Crippen LogP contribution >= 0.6 is 15.9 Å². The van der Waals surface area contributed by atoms with Gasteiger partial charge in [-0.25, -0.2) is 0 Å². The lowest BCUT2D eigenvalue weighted by atomic mass is 10.0. The first-order chi connectivity index (χ1) is 8.99. The van der Waals surface area contributed by atoms with Crippen molar-refractivity contribution >= 4 is 21.8 Å². The molecule has 1 aromatic carbocycles. The number of amides is 1. The second kappa shape index (κ2) is 5.92. The number of hydrogen-bond acceptors (Lipinski definition) is 3. The van der Waals surface area contributed by atoms with Gasteiger partial charge in [0.05, 0.1) is 5.56 Å². The van der Waals surface area contributed by atoms with Crippen molar-refractivity contribution in [3.8, 4) is 5.75 Å². The normalized spacial score (nSPS) is 20.3. The number of phenols is 1. The van der Waals surface area contributed by atoms with E-state index in [1.165, 1.54) is 0 Å². The fourth-order valence-electron chi connectivity index (χ4n) is 2.50. The predicted octanol–water partition coefficient (Wildman–Crippen LogP) is 2.32. The molecule has 1 fully saturated rings. The van der Waals surface area contributed by atoms with Gasteiger partial charge in [-0.15, -0.1) is 0 Å². The second-order valence-electron chi connectivity index (χ2n) is 5.14. The lowest BCUT2D eigenvalue weighted by Gasteiger charge is -2.36. The number of piperidine rings is 1. The lowest BCUT2D eigenvalue weighted by molar-refractivity contribution is 0.0641. The predicted molar refractivity (Wildman–Crippen MR) is 78.4 cm³/mol. The van der Waals surface area contributed by atoms with E-state index in [1.54, 1.807) is 23.1 Å². The number of hydrogen-bond donors (Lipinski definition) is 1. The Bertz CT molecular complexity index is 479. The highest BCUT2D eigenvalue weighted by Gasteiger charge is 2.26. The highest BCUT2D eigenvalue weighted by Crippen LogP contribution is 2.25. The van der Waals surface area contributed by atoms with Crippen LogP contribution < -0.4 is 0 Å². The summed E-state index contributed by atoms with van der Waals surface area (Å²) in [7, 11) is 3.88. The number of rotatable bonds is 2. The van der Waals surface area contributed by atoms with E-state index in [4.69, 9.17) is 0 Å². The van der Waals surface area contributed by atoms with Gasteiger partial charge in [0.2, 0.25) is 0 Å². The van der Waals surface area contributed by atoms with E-state index in [0.29, 0.717) is 5.56 Å². The topological polar surface area (TPSA) is 43.8 Å². The van der Waals surface area contributed by atoms with Crippen LogP contribution in [-0.4, -0.2) is 54.0 Å². The summed E-state index contributed by atoms with van der Waals surface area (Å²) in [6.45, 7) is 1.97. The van der Waals surface area contributed by atoms with Crippen molar-refractivity contribution in [2.75, 3.05) is 27.2 Å². The quantitative estimate of drug-likeness (QED) is 0.907. The van der Waals surface area contributed by atoms with Crippen LogP contribution in [0.5, 0.6) is 5.75 Å². The second-order valence-corrected chi connectivity index (χ2v) is 6.05. The summed E-state index contributed by atoms with van der Waals surface area (Å²) in [5.74, 6) is -0.0966. The third-order valence-electron chi connectivity index (χ3n) is 3.66. The van der Waals surface area contributed by atoms with Crippen molar-refractivity contribution in [3.63, 3.8) is 0 Å². The van der Waals surface area contributed by atoms with Crippen LogP contribution in [0.3, 0.4) is 0 Å². The highest BCUT2D eigenvalue weighted by atomic mass is 79.9. The molecule has 19 heavy (non-hydrogen) atoms. The summed E-state index contributed by atoms with van der Waals surface area (Å²) < 4.78 is 0.765. The molecule has 104 valence electrons. The molecule has 0 spiro atoms. The maximum absolute atomic E-state index is 12.4. The van der Waals surface area contributed by atoms with E-state index < -0.39 is 0 Å². The molecule has 0 bridgehead atoms. The Morgan fingerprint density at radius 2 is 2.26 bits per heavy atom. The molecule has 0 aromatic heterocycles. The van der Waals surface area contributed by atoms with Gasteiger partial charge in [-0.2, -0.15) is 0 Å². The van der Waals surface area contributed by atoms with E-state index in [9.17, 15) is 9.90 Å². The van der Waals surface area contributed by atoms with Crippen LogP contribution in [0.2, 0.25) is 0 Å². The molecule has 1 aliphatic heterocycles. The summed E-state index contributed by atoms with van der Waals surface area (Å²) in [4.78, 5) is 16.4. The maximum atomic E-state index is 12.4. The van der Waals surface area contributed by atoms with Crippen molar-refractivity contribution in [3.05, 3.63) is 28.2 Å². The van der Waals surface area contributed by atoms with E-state index in [1.807, 2.05) is 7.05 Å². The molecule has 1 atom stereocenters. The molecule has 0 saturated carbocycles. The average molecular weight is 327 g/mol. The maximum Gasteiger partial charge on any atom is 0.257 e. The molecule has 1 unspecified atom stereocenters. The van der Waals surface area contributed by atoms with E-state index in [2.05, 4.69) is 27.9 Å². The number of carbonyl (C=O) groups excluding carboxylic acids is 1. The first-order valence-corrected chi connectivity index (χ1v) is 7.22. The Kier molecular flexibility index (Phi) is 4.47. The minimum atomic E-state index is -0.120. The van der Waals surface area contributed by atoms with Gasteiger partial charge >= 0.3 is 0 Å². The first kappa shape index (κ1) is 14.3. The molecule has 1 heterocycles. The average Bonchev–Trinajstić information content (AvgIpc) is 2.37. The zero-order valence-electron chi connectivity index (χ0n) is 11.3. The smallest absolute Gasteiger partial charge is 0.257 e. The van der Waals surface area contributed by atoms with Crippen molar-refractivity contribution in [2.45, 2.75) is 18.9 Å². The zero-order chi connectivity index (χ0) is 14.0. The molecule has 1 aromatic rings. The summed E-state index contributed by atoms with van der Waals surface area (Å²) in [6, 6.07) is 5.20. The van der Waals surface area contributed by atoms with Crippen molar-refractivity contribution < 1.29 is 9.90 Å². The van der Waals surface area contributed by atoms with Crippen LogP contribution in [0.4, 0.5) is 0 Å². The van der Waals surface area contributed by atoms with E-state index in [-0.39, 0.29) is 17.7 Å². The summed E-state index contributed by atoms with van der Waals surface area (Å²) in [6.07, 6.45) is 2.12. The fraction of sp³-hybridized carbons (Fsp3) is 0.500. The molecule has 1 N–H and O–H groups in total. The zero-order valence-corrected chi connectivity index (χ0v) is 12.9. The van der Waals surface area contributed by atoms with E-state index >= 15 is 0 Å². The summed E-state index contributed by atoms with van der Waals surface area (Å²) in [5.41, 5.74) is 0.360. The Hall–Kier alpha value is -1.07. The van der Waals surface area contributed by atoms with Gasteiger partial charge < -0.3 is 14.9 Å². The largest absolute Gasteiger partial charge is 0.507 e. The summed E-state index contributed by atoms with van der Waals surface area (Å²) >= 11 is 3.28. The van der Waals surface area contributed by atoms with Crippen LogP contribution in [0.25, 0.3) is 0 Å². The number of likely N-dealkylation sites (tertiary alicyclic amines) is 1. The Morgan fingerprint density at radius 1 is 1.53 bits per heavy atom. The molecule has 1 aliphatic rings. The number of benzene rings is 1. The molecule has 5 heteroatoms. The number of carbonyl (C=O) groups is 1. The van der Waals surface area contributed by atoms with Gasteiger partial charge in [-0.05, 0) is 44.6 Å². The number of likely N-dealkylation sites (N-methyl/N-ethyl adjacent to an activating group) is 2. The molecule has 0 aliphatic carbocycles. The standard InChI is InChI=1S/C14H19BrN2O2/c1-16-7-3-4-11(9-16)17(2)14(19)12-6-5-10(15)8-13(12)18/h5-6,8,11,18H,3-4,7,9H2,1-2H3. The minimum Gasteiger partial charge on any atom is -0.507 e. The van der Waals surface area contributed by atoms with Gasteiger partial charge in [0.1, 0.15) is 5.75 Å². The SMILES string of the molecule is CN1CCCC(N(C)C(=O)c2ccc(Br)cc2O)C1. The van der Waals surface area contributed by atoms with Gasteiger partial charge in [0.15, 0.2) is 0 Å². The lowest BCUT2D eigenvalue weighted by Crippen LogP contribution is -2.47. The van der Waals surface area contributed by atoms with Crippen LogP contribution in [0.1, 0.15) is 23.2 Å². The van der Waals surface area contributed by atoms with Crippen molar-refractivity contribution in [2.24, 2.45) is 0 Å². The number of nitrogens with zero attached hydrogens (tertiary/aromatic N) is 2. The van der Waals surface area contributed by atoms with Gasteiger partial charge in [-0.3, -0.25) is 4.79 Å². The van der Waals surface area contributed by atoms with E-state index in [0.717, 1.165) is 30.4 Å². The first-order valence-electron chi connectivity index (χ1n) is 6.43. The Balaban J connectivity index is 2.14. The third kappa shape index (κ3) is 3.28. The third-order valence-corrected chi connectivity index (χ3v) is 4.15. The van der Waals surface area contributed by atoms with Crippen LogP contribution in [0, 0.1) is 0 Å². The molecule has 1 saturated heterocycles. The van der Waals surface area contributed by atoms with Gasteiger partial charge in [-0.1, -0.05) is 15.9 Å². The fourth-order valence-corrected chi connectivity index (χ4v) is 2.85. The van der Waals surface area contributed by atoms with Gasteiger partial charge in [0, 0.05) is 24.1 Å². The van der Waals surface area contributed by atoms with Crippen molar-refractivity contribution in [1.29, 1.82) is 0 Å². The molecule has 4 nitrogen and oxygen atoms in total. The van der Waals surface area contributed by atoms with Gasteiger partial charge in [0.25, 0.3) is 5.91 Å². The Morgan fingerprint density at radius 3 is 2.89 bits per heavy atom. The monoisotopic (exact) mass is 326 g/mol.